The summed E-state index contributed by atoms with van der Waals surface area (Å²) in [6, 6.07) is 18.8. The van der Waals surface area contributed by atoms with Crippen molar-refractivity contribution in [1.29, 1.82) is 0 Å². The molecule has 0 aliphatic rings. The zero-order chi connectivity index (χ0) is 29.7. The zero-order valence-electron chi connectivity index (χ0n) is 22.7. The van der Waals surface area contributed by atoms with Crippen molar-refractivity contribution in [3.05, 3.63) is 92.0 Å². The Morgan fingerprint density at radius 1 is 0.975 bits per heavy atom. The SMILES string of the molecule is CCC(C(=O)NC(C)(C)C)N(Cc1ccc(Cl)cc1Cl)C(=O)CN(c1ccc(I)cc1)S(=O)(=O)c1ccccc1. The first kappa shape index (κ1) is 32.2. The molecule has 0 heterocycles. The van der Waals surface area contributed by atoms with E-state index in [1.807, 2.05) is 20.8 Å². The number of halogens is 3. The summed E-state index contributed by atoms with van der Waals surface area (Å²) in [4.78, 5) is 28.9. The molecule has 7 nitrogen and oxygen atoms in total. The van der Waals surface area contributed by atoms with Gasteiger partial charge in [0.15, 0.2) is 0 Å². The molecule has 0 aliphatic heterocycles. The Bertz CT molecular complexity index is 1450. The molecule has 1 unspecified atom stereocenters. The highest BCUT2D eigenvalue weighted by molar-refractivity contribution is 14.1. The molecule has 0 spiro atoms. The van der Waals surface area contributed by atoms with Gasteiger partial charge in [-0.3, -0.25) is 13.9 Å². The van der Waals surface area contributed by atoms with Crippen LogP contribution in [0.4, 0.5) is 5.69 Å². The molecule has 1 atom stereocenters. The topological polar surface area (TPSA) is 86.8 Å². The molecule has 0 saturated carbocycles. The predicted molar refractivity (Wildman–Crippen MR) is 169 cm³/mol. The fourth-order valence-electron chi connectivity index (χ4n) is 4.06. The number of sulfonamides is 1. The Morgan fingerprint density at radius 2 is 1.60 bits per heavy atom. The van der Waals surface area contributed by atoms with Gasteiger partial charge in [-0.2, -0.15) is 0 Å². The van der Waals surface area contributed by atoms with Crippen molar-refractivity contribution in [2.75, 3.05) is 10.8 Å². The van der Waals surface area contributed by atoms with Crippen LogP contribution in [0.3, 0.4) is 0 Å². The standard InChI is InChI=1S/C29H32Cl2IN3O4S/c1-5-26(28(37)33-29(2,3)4)34(18-20-11-12-21(30)17-25(20)31)27(36)19-35(23-15-13-22(32)14-16-23)40(38,39)24-9-7-6-8-10-24/h6-17,26H,5,18-19H2,1-4H3,(H,33,37). The van der Waals surface area contributed by atoms with Gasteiger partial charge in [0.25, 0.3) is 10.0 Å². The first-order valence-corrected chi connectivity index (χ1v) is 15.9. The van der Waals surface area contributed by atoms with Gasteiger partial charge in [0.05, 0.1) is 10.6 Å². The number of carbonyl (C=O) groups excluding carboxylic acids is 2. The van der Waals surface area contributed by atoms with Crippen LogP contribution in [0.25, 0.3) is 0 Å². The first-order chi connectivity index (χ1) is 18.7. The van der Waals surface area contributed by atoms with Gasteiger partial charge in [0.1, 0.15) is 12.6 Å². The molecule has 0 aliphatic carbocycles. The first-order valence-electron chi connectivity index (χ1n) is 12.6. The van der Waals surface area contributed by atoms with Crippen LogP contribution in [-0.4, -0.2) is 43.3 Å². The summed E-state index contributed by atoms with van der Waals surface area (Å²) in [7, 11) is -4.12. The largest absolute Gasteiger partial charge is 0.350 e. The lowest BCUT2D eigenvalue weighted by Gasteiger charge is -2.35. The van der Waals surface area contributed by atoms with Gasteiger partial charge in [-0.05, 0) is 104 Å². The lowest BCUT2D eigenvalue weighted by Crippen LogP contribution is -2.55. The molecule has 3 aromatic rings. The van der Waals surface area contributed by atoms with Crippen LogP contribution < -0.4 is 9.62 Å². The number of hydrogen-bond acceptors (Lipinski definition) is 4. The quantitative estimate of drug-likeness (QED) is 0.243. The molecule has 0 radical (unpaired) electrons. The number of carbonyl (C=O) groups is 2. The van der Waals surface area contributed by atoms with Crippen molar-refractivity contribution >= 4 is 73.3 Å². The lowest BCUT2D eigenvalue weighted by molar-refractivity contribution is -0.141. The van der Waals surface area contributed by atoms with Crippen LogP contribution in [-0.2, 0) is 26.2 Å². The number of nitrogens with zero attached hydrogens (tertiary/aromatic N) is 2. The molecule has 0 fully saturated rings. The van der Waals surface area contributed by atoms with Gasteiger partial charge < -0.3 is 10.2 Å². The van der Waals surface area contributed by atoms with Gasteiger partial charge in [0, 0.05) is 25.7 Å². The average molecular weight is 716 g/mol. The Balaban J connectivity index is 2.08. The van der Waals surface area contributed by atoms with Crippen molar-refractivity contribution in [1.82, 2.24) is 10.2 Å². The van der Waals surface area contributed by atoms with E-state index in [9.17, 15) is 18.0 Å². The molecule has 11 heteroatoms. The summed E-state index contributed by atoms with van der Waals surface area (Å²) in [6.45, 7) is 6.81. The van der Waals surface area contributed by atoms with Crippen LogP contribution in [0, 0.1) is 3.57 Å². The maximum Gasteiger partial charge on any atom is 0.264 e. The second kappa shape index (κ2) is 13.5. The van der Waals surface area contributed by atoms with Crippen molar-refractivity contribution in [2.45, 2.75) is 57.1 Å². The second-order valence-corrected chi connectivity index (χ2v) is 14.2. The Labute approximate surface area is 260 Å². The summed E-state index contributed by atoms with van der Waals surface area (Å²) in [5.74, 6) is -0.903. The highest BCUT2D eigenvalue weighted by atomic mass is 127. The molecule has 214 valence electrons. The third-order valence-electron chi connectivity index (χ3n) is 5.96. The fourth-order valence-corrected chi connectivity index (χ4v) is 6.32. The van der Waals surface area contributed by atoms with E-state index >= 15 is 0 Å². The van der Waals surface area contributed by atoms with Crippen LogP contribution in [0.2, 0.25) is 10.0 Å². The average Bonchev–Trinajstić information content (AvgIpc) is 2.88. The van der Waals surface area contributed by atoms with Crippen LogP contribution in [0.5, 0.6) is 0 Å². The van der Waals surface area contributed by atoms with E-state index in [1.165, 1.54) is 17.0 Å². The molecule has 3 rings (SSSR count). The fraction of sp³-hybridized carbons (Fsp3) is 0.310. The number of anilines is 1. The zero-order valence-corrected chi connectivity index (χ0v) is 27.2. The number of amides is 2. The van der Waals surface area contributed by atoms with Crippen molar-refractivity contribution < 1.29 is 18.0 Å². The molecule has 1 N–H and O–H groups in total. The minimum Gasteiger partial charge on any atom is -0.350 e. The van der Waals surface area contributed by atoms with Crippen molar-refractivity contribution in [3.8, 4) is 0 Å². The number of rotatable bonds is 10. The maximum atomic E-state index is 14.1. The molecule has 40 heavy (non-hydrogen) atoms. The van der Waals surface area contributed by atoms with E-state index in [-0.39, 0.29) is 17.3 Å². The molecule has 0 saturated heterocycles. The van der Waals surface area contributed by atoms with E-state index in [0.717, 1.165) is 7.88 Å². The van der Waals surface area contributed by atoms with E-state index in [4.69, 9.17) is 23.2 Å². The van der Waals surface area contributed by atoms with E-state index in [0.29, 0.717) is 27.7 Å². The normalized spacial score (nSPS) is 12.5. The molecular formula is C29H32Cl2IN3O4S. The second-order valence-electron chi connectivity index (χ2n) is 10.2. The van der Waals surface area contributed by atoms with Gasteiger partial charge in [-0.25, -0.2) is 8.42 Å². The molecular weight excluding hydrogens is 684 g/mol. The summed E-state index contributed by atoms with van der Waals surface area (Å²) >= 11 is 14.7. The van der Waals surface area contributed by atoms with E-state index < -0.39 is 34.1 Å². The highest BCUT2D eigenvalue weighted by Gasteiger charge is 2.34. The van der Waals surface area contributed by atoms with E-state index in [1.54, 1.807) is 67.6 Å². The summed E-state index contributed by atoms with van der Waals surface area (Å²) in [5.41, 5.74) is 0.364. The molecule has 0 bridgehead atoms. The summed E-state index contributed by atoms with van der Waals surface area (Å²) < 4.78 is 29.6. The maximum absolute atomic E-state index is 14.1. The van der Waals surface area contributed by atoms with Crippen molar-refractivity contribution in [3.63, 3.8) is 0 Å². The van der Waals surface area contributed by atoms with Gasteiger partial charge in [0.2, 0.25) is 11.8 Å². The van der Waals surface area contributed by atoms with Crippen LogP contribution >= 0.6 is 45.8 Å². The third kappa shape index (κ3) is 8.34. The smallest absolute Gasteiger partial charge is 0.264 e. The lowest BCUT2D eigenvalue weighted by atomic mass is 10.1. The van der Waals surface area contributed by atoms with Crippen molar-refractivity contribution in [2.24, 2.45) is 0 Å². The van der Waals surface area contributed by atoms with Gasteiger partial charge in [-0.1, -0.05) is 54.4 Å². The number of benzene rings is 3. The Kier molecular flexibility index (Phi) is 10.9. The van der Waals surface area contributed by atoms with Crippen LogP contribution in [0.15, 0.2) is 77.7 Å². The molecule has 0 aromatic heterocycles. The minimum absolute atomic E-state index is 0.0170. The molecule has 3 aromatic carbocycles. The predicted octanol–water partition coefficient (Wildman–Crippen LogP) is 6.52. The monoisotopic (exact) mass is 715 g/mol. The number of hydrogen-bond donors (Lipinski definition) is 1. The Morgan fingerprint density at radius 3 is 2.15 bits per heavy atom. The van der Waals surface area contributed by atoms with E-state index in [2.05, 4.69) is 27.9 Å². The summed E-state index contributed by atoms with van der Waals surface area (Å²) in [6.07, 6.45) is 0.299. The third-order valence-corrected chi connectivity index (χ3v) is 9.06. The van der Waals surface area contributed by atoms with Gasteiger partial charge >= 0.3 is 0 Å². The highest BCUT2D eigenvalue weighted by Crippen LogP contribution is 2.27. The minimum atomic E-state index is -4.12. The van der Waals surface area contributed by atoms with Crippen LogP contribution in [0.1, 0.15) is 39.7 Å². The summed E-state index contributed by atoms with van der Waals surface area (Å²) in [5, 5.41) is 3.71. The Hall–Kier alpha value is -2.34. The number of nitrogens with one attached hydrogen (secondary N) is 1. The van der Waals surface area contributed by atoms with Gasteiger partial charge in [-0.15, -0.1) is 0 Å². The molecule has 2 amide bonds.